The van der Waals surface area contributed by atoms with Crippen molar-refractivity contribution in [2.24, 2.45) is 0 Å². The lowest BCUT2D eigenvalue weighted by molar-refractivity contribution is 0.730. The summed E-state index contributed by atoms with van der Waals surface area (Å²) in [4.78, 5) is 12.8. The van der Waals surface area contributed by atoms with Crippen molar-refractivity contribution in [2.45, 2.75) is 13.5 Å². The zero-order valence-corrected chi connectivity index (χ0v) is 17.7. The minimum atomic E-state index is 0.767. The van der Waals surface area contributed by atoms with Crippen LogP contribution in [0.3, 0.4) is 0 Å². The van der Waals surface area contributed by atoms with Crippen molar-refractivity contribution in [3.05, 3.63) is 78.6 Å². The van der Waals surface area contributed by atoms with Crippen molar-refractivity contribution in [2.75, 3.05) is 6.54 Å². The molecule has 6 nitrogen and oxygen atoms in total. The molecule has 3 heterocycles. The number of aromatic nitrogens is 5. The van der Waals surface area contributed by atoms with E-state index in [1.807, 2.05) is 18.5 Å². The van der Waals surface area contributed by atoms with Crippen LogP contribution in [-0.4, -0.2) is 31.7 Å². The van der Waals surface area contributed by atoms with Gasteiger partial charge in [0.2, 0.25) is 0 Å². The van der Waals surface area contributed by atoms with E-state index in [9.17, 15) is 0 Å². The van der Waals surface area contributed by atoms with Gasteiger partial charge in [-0.05, 0) is 41.3 Å². The summed E-state index contributed by atoms with van der Waals surface area (Å²) in [5, 5.41) is 14.5. The predicted molar refractivity (Wildman–Crippen MR) is 129 cm³/mol. The molecule has 0 radical (unpaired) electrons. The quantitative estimate of drug-likeness (QED) is 0.349. The third kappa shape index (κ3) is 3.04. The van der Waals surface area contributed by atoms with Gasteiger partial charge in [0.15, 0.2) is 5.82 Å². The molecule has 0 saturated carbocycles. The SMILES string of the molecule is CCNCc1cccc2[nH]c(-c3n[nH]c4ccc(-c5cncc6ccccc56)cc34)nc12. The predicted octanol–water partition coefficient (Wildman–Crippen LogP) is 5.43. The number of imidazole rings is 1. The molecule has 0 fully saturated rings. The fourth-order valence-corrected chi connectivity index (χ4v) is 4.31. The molecule has 0 spiro atoms. The van der Waals surface area contributed by atoms with Crippen molar-refractivity contribution >= 4 is 32.7 Å². The Bertz CT molecular complexity index is 1570. The average Bonchev–Trinajstić information content (AvgIpc) is 3.46. The number of nitrogens with zero attached hydrogens (tertiary/aromatic N) is 3. The molecule has 6 heteroatoms. The Labute approximate surface area is 184 Å². The number of hydrogen-bond donors (Lipinski definition) is 3. The summed E-state index contributed by atoms with van der Waals surface area (Å²) in [5.41, 5.74) is 7.18. The topological polar surface area (TPSA) is 82.3 Å². The van der Waals surface area contributed by atoms with Crippen LogP contribution in [0, 0.1) is 0 Å². The number of benzene rings is 3. The smallest absolute Gasteiger partial charge is 0.159 e. The summed E-state index contributed by atoms with van der Waals surface area (Å²) in [6.07, 6.45) is 3.83. The third-order valence-corrected chi connectivity index (χ3v) is 5.93. The maximum absolute atomic E-state index is 4.92. The van der Waals surface area contributed by atoms with Crippen molar-refractivity contribution in [1.29, 1.82) is 0 Å². The van der Waals surface area contributed by atoms with Gasteiger partial charge in [-0.2, -0.15) is 5.10 Å². The molecule has 3 N–H and O–H groups in total. The van der Waals surface area contributed by atoms with Gasteiger partial charge in [-0.25, -0.2) is 4.98 Å². The molecule has 0 unspecified atom stereocenters. The molecule has 0 aliphatic heterocycles. The summed E-state index contributed by atoms with van der Waals surface area (Å²) >= 11 is 0. The second-order valence-corrected chi connectivity index (χ2v) is 7.92. The van der Waals surface area contributed by atoms with Gasteiger partial charge in [0.1, 0.15) is 5.69 Å². The Morgan fingerprint density at radius 1 is 0.906 bits per heavy atom. The van der Waals surface area contributed by atoms with Gasteiger partial charge >= 0.3 is 0 Å². The zero-order valence-electron chi connectivity index (χ0n) is 17.7. The highest BCUT2D eigenvalue weighted by atomic mass is 15.1. The monoisotopic (exact) mass is 418 g/mol. The van der Waals surface area contributed by atoms with E-state index in [-0.39, 0.29) is 0 Å². The van der Waals surface area contributed by atoms with Crippen molar-refractivity contribution < 1.29 is 0 Å². The van der Waals surface area contributed by atoms with E-state index >= 15 is 0 Å². The van der Waals surface area contributed by atoms with Crippen LogP contribution in [0.15, 0.2) is 73.1 Å². The van der Waals surface area contributed by atoms with E-state index < -0.39 is 0 Å². The maximum atomic E-state index is 4.92. The highest BCUT2D eigenvalue weighted by molar-refractivity contribution is 6.00. The van der Waals surface area contributed by atoms with Crippen molar-refractivity contribution in [3.8, 4) is 22.6 Å². The van der Waals surface area contributed by atoms with Crippen LogP contribution in [0.25, 0.3) is 55.4 Å². The summed E-state index contributed by atoms with van der Waals surface area (Å²) in [6.45, 7) is 3.82. The lowest BCUT2D eigenvalue weighted by atomic mass is 9.99. The Balaban J connectivity index is 1.50. The highest BCUT2D eigenvalue weighted by Crippen LogP contribution is 2.33. The molecule has 0 saturated heterocycles. The van der Waals surface area contributed by atoms with Crippen LogP contribution in [0.4, 0.5) is 0 Å². The molecular weight excluding hydrogens is 396 g/mol. The van der Waals surface area contributed by atoms with Crippen LogP contribution in [0.5, 0.6) is 0 Å². The van der Waals surface area contributed by atoms with E-state index in [0.717, 1.165) is 63.1 Å². The number of hydrogen-bond acceptors (Lipinski definition) is 4. The number of H-pyrrole nitrogens is 2. The molecule has 156 valence electrons. The van der Waals surface area contributed by atoms with Gasteiger partial charge in [-0.1, -0.05) is 49.4 Å². The van der Waals surface area contributed by atoms with Crippen molar-refractivity contribution in [1.82, 2.24) is 30.5 Å². The lowest BCUT2D eigenvalue weighted by Gasteiger charge is -2.06. The summed E-state index contributed by atoms with van der Waals surface area (Å²) < 4.78 is 0. The molecule has 6 aromatic rings. The van der Waals surface area contributed by atoms with E-state index in [0.29, 0.717) is 0 Å². The second kappa shape index (κ2) is 7.59. The minimum Gasteiger partial charge on any atom is -0.337 e. The Morgan fingerprint density at radius 3 is 2.78 bits per heavy atom. The van der Waals surface area contributed by atoms with E-state index in [4.69, 9.17) is 4.98 Å². The number of pyridine rings is 1. The summed E-state index contributed by atoms with van der Waals surface area (Å²) in [5.74, 6) is 0.767. The third-order valence-electron chi connectivity index (χ3n) is 5.93. The molecule has 3 aromatic carbocycles. The average molecular weight is 419 g/mol. The van der Waals surface area contributed by atoms with Gasteiger partial charge in [-0.15, -0.1) is 0 Å². The Hall–Kier alpha value is -4.03. The first kappa shape index (κ1) is 18.7. The lowest BCUT2D eigenvalue weighted by Crippen LogP contribution is -2.11. The van der Waals surface area contributed by atoms with Gasteiger partial charge in [0.25, 0.3) is 0 Å². The van der Waals surface area contributed by atoms with Crippen LogP contribution >= 0.6 is 0 Å². The Kier molecular flexibility index (Phi) is 4.44. The van der Waals surface area contributed by atoms with E-state index in [1.54, 1.807) is 0 Å². The fraction of sp³-hybridized carbons (Fsp3) is 0.115. The molecule has 0 bridgehead atoms. The molecule has 3 aromatic heterocycles. The molecule has 0 atom stereocenters. The first-order chi connectivity index (χ1) is 15.8. The maximum Gasteiger partial charge on any atom is 0.159 e. The molecule has 6 rings (SSSR count). The highest BCUT2D eigenvalue weighted by Gasteiger charge is 2.15. The zero-order chi connectivity index (χ0) is 21.5. The normalized spacial score (nSPS) is 11.7. The molecule has 32 heavy (non-hydrogen) atoms. The van der Waals surface area contributed by atoms with Crippen molar-refractivity contribution in [3.63, 3.8) is 0 Å². The first-order valence-electron chi connectivity index (χ1n) is 10.8. The van der Waals surface area contributed by atoms with Gasteiger partial charge in [0, 0.05) is 35.3 Å². The Morgan fingerprint density at radius 2 is 1.84 bits per heavy atom. The van der Waals surface area contributed by atoms with E-state index in [1.165, 1.54) is 10.9 Å². The number of rotatable bonds is 5. The number of aromatic amines is 2. The number of fused-ring (bicyclic) bond motifs is 3. The first-order valence-corrected chi connectivity index (χ1v) is 10.8. The summed E-state index contributed by atoms with van der Waals surface area (Å²) in [6, 6.07) is 20.9. The molecule has 0 aliphatic carbocycles. The van der Waals surface area contributed by atoms with E-state index in [2.05, 4.69) is 87.0 Å². The standard InChI is InChI=1S/C26H22N6/c1-2-27-14-18-7-5-9-23-24(18)30-26(29-23)25-20-12-16(10-11-22(20)31-32-25)21-15-28-13-17-6-3-4-8-19(17)21/h3-13,15,27H,2,14H2,1H3,(H,29,30)(H,31,32). The molecule has 0 amide bonds. The molecular formula is C26H22N6. The van der Waals surface area contributed by atoms with Gasteiger partial charge < -0.3 is 10.3 Å². The number of para-hydroxylation sites is 1. The van der Waals surface area contributed by atoms with Crippen LogP contribution < -0.4 is 5.32 Å². The van der Waals surface area contributed by atoms with Crippen LogP contribution in [0.2, 0.25) is 0 Å². The second-order valence-electron chi connectivity index (χ2n) is 7.92. The van der Waals surface area contributed by atoms with Gasteiger partial charge in [-0.3, -0.25) is 10.1 Å². The van der Waals surface area contributed by atoms with Gasteiger partial charge in [0.05, 0.1) is 16.6 Å². The summed E-state index contributed by atoms with van der Waals surface area (Å²) in [7, 11) is 0. The minimum absolute atomic E-state index is 0.767. The van der Waals surface area contributed by atoms with Crippen LogP contribution in [-0.2, 0) is 6.54 Å². The number of nitrogens with one attached hydrogen (secondary N) is 3. The van der Waals surface area contributed by atoms with Crippen LogP contribution in [0.1, 0.15) is 12.5 Å². The molecule has 0 aliphatic rings. The largest absolute Gasteiger partial charge is 0.337 e. The fourth-order valence-electron chi connectivity index (χ4n) is 4.31.